The summed E-state index contributed by atoms with van der Waals surface area (Å²) in [6.45, 7) is 7.22. The number of carboxylic acid groups (broad SMARTS) is 1. The Hall–Kier alpha value is -1.51. The Bertz CT molecular complexity index is 229. The lowest BCUT2D eigenvalue weighted by atomic mass is 10.3. The van der Waals surface area contributed by atoms with Gasteiger partial charge in [-0.15, -0.1) is 6.58 Å². The van der Waals surface area contributed by atoms with Gasteiger partial charge in [-0.2, -0.15) is 0 Å². The van der Waals surface area contributed by atoms with E-state index in [4.69, 9.17) is 5.11 Å². The van der Waals surface area contributed by atoms with E-state index in [9.17, 15) is 4.79 Å². The normalized spacial score (nSPS) is 13.1. The Morgan fingerprint density at radius 1 is 1.64 bits per heavy atom. The molecule has 0 saturated carbocycles. The maximum Gasteiger partial charge on any atom is 0.303 e. The van der Waals surface area contributed by atoms with Gasteiger partial charge in [-0.05, 0) is 12.3 Å². The Morgan fingerprint density at radius 2 is 2.29 bits per heavy atom. The number of hydrogen-bond acceptors (Lipinski definition) is 2. The molecule has 0 aromatic carbocycles. The van der Waals surface area contributed by atoms with Crippen LogP contribution >= 0.6 is 0 Å². The third-order valence-electron chi connectivity index (χ3n) is 1.55. The zero-order chi connectivity index (χ0) is 10.8. The molecule has 3 nitrogen and oxygen atoms in total. The van der Waals surface area contributed by atoms with Gasteiger partial charge in [0.1, 0.15) is 0 Å². The zero-order valence-corrected chi connectivity index (χ0v) is 8.52. The van der Waals surface area contributed by atoms with E-state index in [1.165, 1.54) is 0 Å². The summed E-state index contributed by atoms with van der Waals surface area (Å²) in [6, 6.07) is 0. The molecule has 1 heterocycles. The van der Waals surface area contributed by atoms with E-state index >= 15 is 0 Å². The van der Waals surface area contributed by atoms with Crippen LogP contribution in [0.3, 0.4) is 0 Å². The van der Waals surface area contributed by atoms with E-state index in [-0.39, 0.29) is 6.42 Å². The van der Waals surface area contributed by atoms with Crippen molar-refractivity contribution in [2.45, 2.75) is 13.3 Å². The highest BCUT2D eigenvalue weighted by molar-refractivity contribution is 5.66. The number of carboxylic acids is 1. The highest BCUT2D eigenvalue weighted by Gasteiger charge is 1.93. The molecule has 78 valence electrons. The molecule has 1 rings (SSSR count). The Kier molecular flexibility index (Phi) is 7.23. The molecular weight excluding hydrogens is 178 g/mol. The summed E-state index contributed by atoms with van der Waals surface area (Å²) in [7, 11) is 0. The SMILES string of the molecule is C=CCN1C=CC=CC1.CCC(=O)O. The molecule has 0 spiro atoms. The largest absolute Gasteiger partial charge is 0.481 e. The molecule has 0 saturated heterocycles. The summed E-state index contributed by atoms with van der Waals surface area (Å²) < 4.78 is 0. The number of rotatable bonds is 3. The molecule has 0 unspecified atom stereocenters. The van der Waals surface area contributed by atoms with E-state index in [1.54, 1.807) is 6.92 Å². The van der Waals surface area contributed by atoms with Crippen molar-refractivity contribution >= 4 is 5.97 Å². The lowest BCUT2D eigenvalue weighted by Crippen LogP contribution is -2.18. The van der Waals surface area contributed by atoms with Crippen LogP contribution in [0.5, 0.6) is 0 Å². The summed E-state index contributed by atoms with van der Waals surface area (Å²) in [5, 5.41) is 7.72. The van der Waals surface area contributed by atoms with Crippen LogP contribution in [-0.4, -0.2) is 29.1 Å². The van der Waals surface area contributed by atoms with Crippen LogP contribution in [0.15, 0.2) is 37.1 Å². The molecule has 0 aromatic rings. The van der Waals surface area contributed by atoms with Crippen molar-refractivity contribution in [1.29, 1.82) is 0 Å². The van der Waals surface area contributed by atoms with Gasteiger partial charge in [0.15, 0.2) is 0 Å². The molecular formula is C11H17NO2. The zero-order valence-electron chi connectivity index (χ0n) is 8.52. The molecule has 1 aliphatic rings. The predicted molar refractivity (Wildman–Crippen MR) is 58.0 cm³/mol. The second kappa shape index (κ2) is 8.10. The van der Waals surface area contributed by atoms with Gasteiger partial charge in [-0.1, -0.05) is 25.2 Å². The second-order valence-corrected chi connectivity index (χ2v) is 2.76. The molecule has 0 atom stereocenters. The molecule has 0 bridgehead atoms. The molecule has 0 fully saturated rings. The maximum atomic E-state index is 9.37. The molecule has 3 heteroatoms. The predicted octanol–water partition coefficient (Wildman–Crippen LogP) is 2.04. The number of nitrogens with zero attached hydrogens (tertiary/aromatic N) is 1. The molecule has 1 N–H and O–H groups in total. The van der Waals surface area contributed by atoms with Gasteiger partial charge in [0.25, 0.3) is 0 Å². The van der Waals surface area contributed by atoms with Crippen LogP contribution in [0.4, 0.5) is 0 Å². The lowest BCUT2D eigenvalue weighted by molar-refractivity contribution is -0.136. The summed E-state index contributed by atoms with van der Waals surface area (Å²) in [6.07, 6.45) is 10.4. The fourth-order valence-corrected chi connectivity index (χ4v) is 0.808. The van der Waals surface area contributed by atoms with Gasteiger partial charge in [0.2, 0.25) is 0 Å². The minimum absolute atomic E-state index is 0.222. The van der Waals surface area contributed by atoms with E-state index in [1.807, 2.05) is 12.2 Å². The van der Waals surface area contributed by atoms with E-state index < -0.39 is 5.97 Å². The Labute approximate surface area is 85.0 Å². The highest BCUT2D eigenvalue weighted by Crippen LogP contribution is 1.96. The molecule has 0 aromatic heterocycles. The average molecular weight is 195 g/mol. The highest BCUT2D eigenvalue weighted by atomic mass is 16.4. The van der Waals surface area contributed by atoms with Crippen LogP contribution in [-0.2, 0) is 4.79 Å². The molecule has 0 aliphatic carbocycles. The summed E-state index contributed by atoms with van der Waals surface area (Å²) in [5.41, 5.74) is 0. The van der Waals surface area contributed by atoms with Gasteiger partial charge in [0.05, 0.1) is 0 Å². The van der Waals surface area contributed by atoms with Crippen molar-refractivity contribution in [3.05, 3.63) is 37.1 Å². The van der Waals surface area contributed by atoms with Crippen LogP contribution in [0.1, 0.15) is 13.3 Å². The first-order valence-corrected chi connectivity index (χ1v) is 4.60. The summed E-state index contributed by atoms with van der Waals surface area (Å²) in [4.78, 5) is 11.6. The van der Waals surface area contributed by atoms with Gasteiger partial charge in [0, 0.05) is 19.5 Å². The van der Waals surface area contributed by atoms with Crippen LogP contribution in [0.2, 0.25) is 0 Å². The van der Waals surface area contributed by atoms with E-state index in [0.29, 0.717) is 0 Å². The molecule has 14 heavy (non-hydrogen) atoms. The van der Waals surface area contributed by atoms with Crippen molar-refractivity contribution < 1.29 is 9.90 Å². The lowest BCUT2D eigenvalue weighted by Gasteiger charge is -2.17. The van der Waals surface area contributed by atoms with Crippen LogP contribution < -0.4 is 0 Å². The van der Waals surface area contributed by atoms with Crippen molar-refractivity contribution in [1.82, 2.24) is 4.90 Å². The first-order valence-electron chi connectivity index (χ1n) is 4.60. The van der Waals surface area contributed by atoms with Crippen molar-refractivity contribution in [2.75, 3.05) is 13.1 Å². The number of carbonyl (C=O) groups is 1. The summed E-state index contributed by atoms with van der Waals surface area (Å²) in [5.74, 6) is -0.745. The smallest absolute Gasteiger partial charge is 0.303 e. The van der Waals surface area contributed by atoms with Gasteiger partial charge < -0.3 is 10.0 Å². The molecule has 1 aliphatic heterocycles. The van der Waals surface area contributed by atoms with Crippen molar-refractivity contribution in [3.8, 4) is 0 Å². The Balaban J connectivity index is 0.000000292. The average Bonchev–Trinajstić information content (AvgIpc) is 2.21. The first kappa shape index (κ1) is 12.5. The monoisotopic (exact) mass is 195 g/mol. The fraction of sp³-hybridized carbons (Fsp3) is 0.364. The Morgan fingerprint density at radius 3 is 2.64 bits per heavy atom. The molecule has 0 amide bonds. The first-order chi connectivity index (χ1) is 6.70. The number of allylic oxidation sites excluding steroid dienone is 2. The van der Waals surface area contributed by atoms with Crippen LogP contribution in [0.25, 0.3) is 0 Å². The summed E-state index contributed by atoms with van der Waals surface area (Å²) >= 11 is 0. The topological polar surface area (TPSA) is 40.5 Å². The van der Waals surface area contributed by atoms with Gasteiger partial charge in [-0.3, -0.25) is 4.79 Å². The minimum atomic E-state index is -0.745. The van der Waals surface area contributed by atoms with Gasteiger partial charge >= 0.3 is 5.97 Å². The van der Waals surface area contributed by atoms with Crippen LogP contribution in [0, 0.1) is 0 Å². The minimum Gasteiger partial charge on any atom is -0.481 e. The van der Waals surface area contributed by atoms with Gasteiger partial charge in [-0.25, -0.2) is 0 Å². The second-order valence-electron chi connectivity index (χ2n) is 2.76. The fourth-order valence-electron chi connectivity index (χ4n) is 0.808. The number of aliphatic carboxylic acids is 1. The van der Waals surface area contributed by atoms with E-state index in [2.05, 4.69) is 29.8 Å². The maximum absolute atomic E-state index is 9.37. The third kappa shape index (κ3) is 7.16. The van der Waals surface area contributed by atoms with Crippen molar-refractivity contribution in [3.63, 3.8) is 0 Å². The third-order valence-corrected chi connectivity index (χ3v) is 1.55. The number of hydrogen-bond donors (Lipinski definition) is 1. The molecule has 0 radical (unpaired) electrons. The standard InChI is InChI=1S/C8H11N.C3H6O2/c1-2-6-9-7-4-3-5-8-9;1-2-3(4)5/h2-5,7H,1,6,8H2;2H2,1H3,(H,4,5). The quantitative estimate of drug-likeness (QED) is 0.700. The van der Waals surface area contributed by atoms with E-state index in [0.717, 1.165) is 13.1 Å². The van der Waals surface area contributed by atoms with Crippen molar-refractivity contribution in [2.24, 2.45) is 0 Å².